The molecule has 2 heterocycles. The molecule has 0 radical (unpaired) electrons. The molecule has 0 spiro atoms. The summed E-state index contributed by atoms with van der Waals surface area (Å²) in [7, 11) is 0. The summed E-state index contributed by atoms with van der Waals surface area (Å²) in [6, 6.07) is 1.27. The number of hydrogen-bond acceptors (Lipinski definition) is 4. The lowest BCUT2D eigenvalue weighted by molar-refractivity contribution is 0.146. The third-order valence-corrected chi connectivity index (χ3v) is 3.74. The summed E-state index contributed by atoms with van der Waals surface area (Å²) in [5.41, 5.74) is 0. The van der Waals surface area contributed by atoms with Crippen LogP contribution < -0.4 is 0 Å². The first kappa shape index (κ1) is 10.2. The minimum atomic E-state index is 0.588. The van der Waals surface area contributed by atoms with Gasteiger partial charge >= 0.3 is 0 Å². The van der Waals surface area contributed by atoms with E-state index in [0.29, 0.717) is 12.1 Å². The summed E-state index contributed by atoms with van der Waals surface area (Å²) in [5, 5.41) is 12.1. The molecule has 0 amide bonds. The summed E-state index contributed by atoms with van der Waals surface area (Å²) in [4.78, 5) is 2.51. The van der Waals surface area contributed by atoms with E-state index < -0.39 is 0 Å². The molecule has 0 bridgehead atoms. The lowest BCUT2D eigenvalue weighted by Crippen LogP contribution is -2.37. The monoisotopic (exact) mass is 221 g/mol. The van der Waals surface area contributed by atoms with Crippen molar-refractivity contribution >= 4 is 0 Å². The van der Waals surface area contributed by atoms with Crippen LogP contribution >= 0.6 is 0 Å². The molecule has 2 fully saturated rings. The first-order valence-corrected chi connectivity index (χ1v) is 6.35. The highest BCUT2D eigenvalue weighted by Crippen LogP contribution is 2.34. The maximum absolute atomic E-state index is 4.17. The molecule has 1 atom stereocenters. The molecule has 2 aliphatic rings. The van der Waals surface area contributed by atoms with Crippen molar-refractivity contribution in [2.24, 2.45) is 0 Å². The SMILES string of the molecule is C[C@@H]1CCCCN1Cc1nnnn1C1CC1. The third-order valence-electron chi connectivity index (χ3n) is 3.74. The molecule has 3 rings (SSSR count). The van der Waals surface area contributed by atoms with Crippen molar-refractivity contribution in [3.8, 4) is 0 Å². The third kappa shape index (κ3) is 1.96. The van der Waals surface area contributed by atoms with Crippen molar-refractivity contribution in [2.75, 3.05) is 6.54 Å². The van der Waals surface area contributed by atoms with Crippen molar-refractivity contribution in [1.29, 1.82) is 0 Å². The predicted octanol–water partition coefficient (Wildman–Crippen LogP) is 1.38. The predicted molar refractivity (Wildman–Crippen MR) is 59.8 cm³/mol. The lowest BCUT2D eigenvalue weighted by atomic mass is 10.0. The van der Waals surface area contributed by atoms with Gasteiger partial charge in [-0.3, -0.25) is 4.90 Å². The zero-order valence-electron chi connectivity index (χ0n) is 9.84. The standard InChI is InChI=1S/C11H19N5/c1-9-4-2-3-7-15(9)8-11-12-13-14-16(11)10-5-6-10/h9-10H,2-8H2,1H3/t9-/m1/s1. The number of piperidine rings is 1. The fraction of sp³-hybridized carbons (Fsp3) is 0.909. The van der Waals surface area contributed by atoms with Gasteiger partial charge in [0, 0.05) is 6.04 Å². The van der Waals surface area contributed by atoms with Gasteiger partial charge in [-0.1, -0.05) is 6.42 Å². The lowest BCUT2D eigenvalue weighted by Gasteiger charge is -2.32. The summed E-state index contributed by atoms with van der Waals surface area (Å²) < 4.78 is 2.03. The second-order valence-electron chi connectivity index (χ2n) is 5.09. The summed E-state index contributed by atoms with van der Waals surface area (Å²) in [6.07, 6.45) is 6.48. The molecule has 1 aliphatic heterocycles. The van der Waals surface area contributed by atoms with E-state index >= 15 is 0 Å². The summed E-state index contributed by atoms with van der Waals surface area (Å²) in [6.45, 7) is 4.42. The fourth-order valence-electron chi connectivity index (χ4n) is 2.49. The van der Waals surface area contributed by atoms with E-state index in [1.165, 1.54) is 38.6 Å². The number of tetrazole rings is 1. The zero-order chi connectivity index (χ0) is 11.0. The molecule has 5 nitrogen and oxygen atoms in total. The first-order chi connectivity index (χ1) is 7.84. The Morgan fingerprint density at radius 2 is 2.12 bits per heavy atom. The van der Waals surface area contributed by atoms with Crippen LogP contribution in [0.1, 0.15) is 50.9 Å². The van der Waals surface area contributed by atoms with Crippen LogP contribution in [-0.4, -0.2) is 37.7 Å². The van der Waals surface area contributed by atoms with Crippen LogP contribution in [0.5, 0.6) is 0 Å². The van der Waals surface area contributed by atoms with Gasteiger partial charge in [-0.2, -0.15) is 0 Å². The van der Waals surface area contributed by atoms with Crippen molar-refractivity contribution in [3.63, 3.8) is 0 Å². The average molecular weight is 221 g/mol. The Hall–Kier alpha value is -0.970. The van der Waals surface area contributed by atoms with Gasteiger partial charge in [0.05, 0.1) is 12.6 Å². The van der Waals surface area contributed by atoms with Gasteiger partial charge in [0.1, 0.15) is 0 Å². The maximum atomic E-state index is 4.17. The Morgan fingerprint density at radius 3 is 2.88 bits per heavy atom. The molecule has 1 aliphatic carbocycles. The maximum Gasteiger partial charge on any atom is 0.165 e. The molecular weight excluding hydrogens is 202 g/mol. The van der Waals surface area contributed by atoms with Gasteiger partial charge in [-0.05, 0) is 49.6 Å². The molecule has 1 saturated carbocycles. The number of hydrogen-bond donors (Lipinski definition) is 0. The highest BCUT2D eigenvalue weighted by Gasteiger charge is 2.29. The molecule has 0 unspecified atom stereocenters. The molecule has 1 saturated heterocycles. The minimum Gasteiger partial charge on any atom is -0.293 e. The van der Waals surface area contributed by atoms with Gasteiger partial charge in [-0.25, -0.2) is 4.68 Å². The topological polar surface area (TPSA) is 46.8 Å². The normalized spacial score (nSPS) is 27.2. The van der Waals surface area contributed by atoms with Gasteiger partial charge in [0.15, 0.2) is 5.82 Å². The van der Waals surface area contributed by atoms with Crippen LogP contribution in [0.2, 0.25) is 0 Å². The van der Waals surface area contributed by atoms with E-state index in [2.05, 4.69) is 27.3 Å². The Bertz CT molecular complexity index is 357. The van der Waals surface area contributed by atoms with E-state index in [-0.39, 0.29) is 0 Å². The number of likely N-dealkylation sites (tertiary alicyclic amines) is 1. The van der Waals surface area contributed by atoms with Gasteiger partial charge in [-0.15, -0.1) is 5.10 Å². The number of aromatic nitrogens is 4. The second kappa shape index (κ2) is 4.13. The van der Waals surface area contributed by atoms with E-state index in [1.54, 1.807) is 0 Å². The Labute approximate surface area is 95.8 Å². The van der Waals surface area contributed by atoms with Crippen LogP contribution in [0.4, 0.5) is 0 Å². The van der Waals surface area contributed by atoms with Gasteiger partial charge in [0.25, 0.3) is 0 Å². The van der Waals surface area contributed by atoms with E-state index in [1.807, 2.05) is 4.68 Å². The zero-order valence-corrected chi connectivity index (χ0v) is 9.84. The number of rotatable bonds is 3. The van der Waals surface area contributed by atoms with E-state index in [0.717, 1.165) is 12.4 Å². The summed E-state index contributed by atoms with van der Waals surface area (Å²) in [5.74, 6) is 1.05. The van der Waals surface area contributed by atoms with Crippen molar-refractivity contribution in [1.82, 2.24) is 25.1 Å². The second-order valence-corrected chi connectivity index (χ2v) is 5.09. The largest absolute Gasteiger partial charge is 0.293 e. The molecule has 1 aromatic rings. The molecular formula is C11H19N5. The average Bonchev–Trinajstić information content (AvgIpc) is 3.03. The van der Waals surface area contributed by atoms with E-state index in [4.69, 9.17) is 0 Å². The van der Waals surface area contributed by atoms with Crippen LogP contribution in [0.15, 0.2) is 0 Å². The van der Waals surface area contributed by atoms with Crippen LogP contribution in [0.25, 0.3) is 0 Å². The van der Waals surface area contributed by atoms with Crippen LogP contribution in [0.3, 0.4) is 0 Å². The fourth-order valence-corrected chi connectivity index (χ4v) is 2.49. The van der Waals surface area contributed by atoms with Crippen LogP contribution in [-0.2, 0) is 6.54 Å². The Kier molecular flexibility index (Phi) is 2.63. The highest BCUT2D eigenvalue weighted by atomic mass is 15.6. The van der Waals surface area contributed by atoms with Gasteiger partial charge in [0.2, 0.25) is 0 Å². The molecule has 5 heteroatoms. The van der Waals surface area contributed by atoms with Crippen molar-refractivity contribution < 1.29 is 0 Å². The number of nitrogens with zero attached hydrogens (tertiary/aromatic N) is 5. The quantitative estimate of drug-likeness (QED) is 0.773. The Morgan fingerprint density at radius 1 is 1.25 bits per heavy atom. The molecule has 16 heavy (non-hydrogen) atoms. The molecule has 0 aromatic carbocycles. The smallest absolute Gasteiger partial charge is 0.165 e. The first-order valence-electron chi connectivity index (χ1n) is 6.35. The highest BCUT2D eigenvalue weighted by molar-refractivity contribution is 4.91. The molecule has 88 valence electrons. The van der Waals surface area contributed by atoms with E-state index in [9.17, 15) is 0 Å². The van der Waals surface area contributed by atoms with Crippen molar-refractivity contribution in [2.45, 2.75) is 57.7 Å². The minimum absolute atomic E-state index is 0.588. The molecule has 1 aromatic heterocycles. The molecule has 0 N–H and O–H groups in total. The Balaban J connectivity index is 1.70. The van der Waals surface area contributed by atoms with Crippen LogP contribution in [0, 0.1) is 0 Å². The van der Waals surface area contributed by atoms with Crippen molar-refractivity contribution in [3.05, 3.63) is 5.82 Å². The summed E-state index contributed by atoms with van der Waals surface area (Å²) >= 11 is 0. The van der Waals surface area contributed by atoms with Gasteiger partial charge < -0.3 is 0 Å².